The molecule has 1 aliphatic heterocycles. The van der Waals surface area contributed by atoms with Crippen molar-refractivity contribution in [2.24, 2.45) is 5.92 Å². The van der Waals surface area contributed by atoms with E-state index in [1.54, 1.807) is 12.1 Å². The molecule has 2 rings (SSSR count). The second kappa shape index (κ2) is 3.84. The number of benzene rings is 1. The number of aryl methyl sites for hydroxylation is 1. The van der Waals surface area contributed by atoms with E-state index in [9.17, 15) is 13.2 Å². The number of sulfone groups is 1. The molecule has 1 N–H and O–H groups in total. The van der Waals surface area contributed by atoms with Crippen molar-refractivity contribution in [2.75, 3.05) is 0 Å². The molecular weight excluding hydrogens is 240 g/mol. The second-order valence-corrected chi connectivity index (χ2v) is 6.66. The van der Waals surface area contributed by atoms with Crippen molar-refractivity contribution in [1.82, 2.24) is 0 Å². The summed E-state index contributed by atoms with van der Waals surface area (Å²) in [6.07, 6.45) is 0.298. The molecule has 4 nitrogen and oxygen atoms in total. The minimum absolute atomic E-state index is 0.293. The number of carboxylic acid groups (broad SMARTS) is 1. The van der Waals surface area contributed by atoms with Gasteiger partial charge in [0, 0.05) is 0 Å². The van der Waals surface area contributed by atoms with Crippen molar-refractivity contribution in [3.63, 3.8) is 0 Å². The molecule has 0 aliphatic carbocycles. The molecule has 1 aromatic rings. The fourth-order valence-electron chi connectivity index (χ4n) is 2.24. The Labute approximate surface area is 100 Å². The van der Waals surface area contributed by atoms with Crippen LogP contribution in [0.2, 0.25) is 0 Å². The lowest BCUT2D eigenvalue weighted by Gasteiger charge is -2.13. The zero-order valence-electron chi connectivity index (χ0n) is 9.67. The average molecular weight is 254 g/mol. The highest BCUT2D eigenvalue weighted by atomic mass is 32.2. The summed E-state index contributed by atoms with van der Waals surface area (Å²) < 4.78 is 24.4. The fraction of sp³-hybridized carbons (Fsp3) is 0.417. The maximum absolute atomic E-state index is 12.2. The van der Waals surface area contributed by atoms with Crippen LogP contribution in [0.1, 0.15) is 18.1 Å². The highest BCUT2D eigenvalue weighted by molar-refractivity contribution is 7.92. The largest absolute Gasteiger partial charge is 0.481 e. The summed E-state index contributed by atoms with van der Waals surface area (Å²) in [5.41, 5.74) is 1.73. The van der Waals surface area contributed by atoms with E-state index < -0.39 is 27.0 Å². The molecule has 1 aromatic carbocycles. The fourth-order valence-corrected chi connectivity index (χ4v) is 4.38. The Hall–Kier alpha value is -1.36. The molecule has 2 unspecified atom stereocenters. The van der Waals surface area contributed by atoms with Crippen molar-refractivity contribution in [2.45, 2.75) is 30.4 Å². The van der Waals surface area contributed by atoms with Crippen LogP contribution in [-0.4, -0.2) is 24.7 Å². The number of hydrogen-bond donors (Lipinski definition) is 1. The summed E-state index contributed by atoms with van der Waals surface area (Å²) in [5.74, 6) is -1.95. The van der Waals surface area contributed by atoms with E-state index in [0.717, 1.165) is 11.1 Å². The van der Waals surface area contributed by atoms with Crippen LogP contribution in [-0.2, 0) is 21.1 Å². The zero-order chi connectivity index (χ0) is 12.8. The third-order valence-electron chi connectivity index (χ3n) is 3.29. The van der Waals surface area contributed by atoms with E-state index in [-0.39, 0.29) is 0 Å². The summed E-state index contributed by atoms with van der Waals surface area (Å²) >= 11 is 0. The van der Waals surface area contributed by atoms with Gasteiger partial charge in [-0.25, -0.2) is 8.42 Å². The van der Waals surface area contributed by atoms with Crippen LogP contribution >= 0.6 is 0 Å². The van der Waals surface area contributed by atoms with Gasteiger partial charge in [-0.15, -0.1) is 0 Å². The van der Waals surface area contributed by atoms with Crippen molar-refractivity contribution in [3.05, 3.63) is 29.3 Å². The predicted octanol–water partition coefficient (Wildman–Crippen LogP) is 1.41. The summed E-state index contributed by atoms with van der Waals surface area (Å²) in [5, 5.41) is 8.11. The number of hydrogen-bond acceptors (Lipinski definition) is 3. The molecule has 0 radical (unpaired) electrons. The summed E-state index contributed by atoms with van der Waals surface area (Å²) in [6, 6.07) is 5.14. The van der Waals surface area contributed by atoms with Gasteiger partial charge in [0.15, 0.2) is 9.84 Å². The van der Waals surface area contributed by atoms with Crippen LogP contribution in [0.3, 0.4) is 0 Å². The van der Waals surface area contributed by atoms with Gasteiger partial charge in [0.05, 0.1) is 16.1 Å². The van der Waals surface area contributed by atoms with Gasteiger partial charge in [-0.3, -0.25) is 4.79 Å². The van der Waals surface area contributed by atoms with Gasteiger partial charge in [0.25, 0.3) is 0 Å². The third kappa shape index (κ3) is 1.84. The van der Waals surface area contributed by atoms with E-state index in [0.29, 0.717) is 11.3 Å². The molecule has 5 heteroatoms. The molecule has 0 saturated heterocycles. The first kappa shape index (κ1) is 12.1. The van der Waals surface area contributed by atoms with E-state index in [1.807, 2.05) is 13.0 Å². The monoisotopic (exact) mass is 254 g/mol. The smallest absolute Gasteiger partial charge is 0.307 e. The molecular formula is C12H14O4S. The van der Waals surface area contributed by atoms with Crippen LogP contribution in [0.4, 0.5) is 0 Å². The van der Waals surface area contributed by atoms with Crippen molar-refractivity contribution in [1.29, 1.82) is 0 Å². The number of carbonyl (C=O) groups is 1. The molecule has 0 saturated carbocycles. The summed E-state index contributed by atoms with van der Waals surface area (Å²) in [6.45, 7) is 3.34. The van der Waals surface area contributed by atoms with Crippen LogP contribution in [0, 0.1) is 12.8 Å². The Balaban J connectivity index is 2.50. The first-order valence-corrected chi connectivity index (χ1v) is 6.95. The summed E-state index contributed by atoms with van der Waals surface area (Å²) in [4.78, 5) is 11.2. The molecule has 0 fully saturated rings. The number of aliphatic carboxylic acids is 1. The van der Waals surface area contributed by atoms with Crippen molar-refractivity contribution >= 4 is 15.8 Å². The Bertz CT molecular complexity index is 574. The lowest BCUT2D eigenvalue weighted by Crippen LogP contribution is -2.30. The number of carboxylic acids is 1. The molecule has 0 aromatic heterocycles. The minimum atomic E-state index is -3.49. The quantitative estimate of drug-likeness (QED) is 0.866. The lowest BCUT2D eigenvalue weighted by molar-refractivity contribution is -0.141. The van der Waals surface area contributed by atoms with E-state index >= 15 is 0 Å². The van der Waals surface area contributed by atoms with Gasteiger partial charge in [0.2, 0.25) is 0 Å². The first-order chi connectivity index (χ1) is 7.84. The van der Waals surface area contributed by atoms with Gasteiger partial charge < -0.3 is 5.11 Å². The maximum Gasteiger partial charge on any atom is 0.307 e. The van der Waals surface area contributed by atoms with E-state index in [4.69, 9.17) is 5.11 Å². The number of fused-ring (bicyclic) bond motifs is 1. The van der Waals surface area contributed by atoms with Crippen LogP contribution in [0.5, 0.6) is 0 Å². The molecule has 2 atom stereocenters. The van der Waals surface area contributed by atoms with Crippen LogP contribution in [0.25, 0.3) is 0 Å². The van der Waals surface area contributed by atoms with Crippen molar-refractivity contribution in [3.8, 4) is 0 Å². The Kier molecular flexibility index (Phi) is 2.73. The molecule has 1 aliphatic rings. The van der Waals surface area contributed by atoms with Crippen LogP contribution < -0.4 is 0 Å². The molecule has 0 spiro atoms. The van der Waals surface area contributed by atoms with E-state index in [2.05, 4.69) is 0 Å². The molecule has 1 heterocycles. The molecule has 0 amide bonds. The Morgan fingerprint density at radius 2 is 2.12 bits per heavy atom. The summed E-state index contributed by atoms with van der Waals surface area (Å²) in [7, 11) is -3.49. The molecule has 17 heavy (non-hydrogen) atoms. The van der Waals surface area contributed by atoms with Gasteiger partial charge in [-0.2, -0.15) is 0 Å². The molecule has 0 bridgehead atoms. The number of rotatable bonds is 2. The highest BCUT2D eigenvalue weighted by Gasteiger charge is 2.42. The molecule has 92 valence electrons. The minimum Gasteiger partial charge on any atom is -0.481 e. The normalized spacial score (nSPS) is 23.1. The maximum atomic E-state index is 12.2. The topological polar surface area (TPSA) is 71.4 Å². The first-order valence-electron chi connectivity index (χ1n) is 5.40. The zero-order valence-corrected chi connectivity index (χ0v) is 10.5. The van der Waals surface area contributed by atoms with Gasteiger partial charge in [-0.05, 0) is 25.0 Å². The SMILES string of the molecule is Cc1ccc2c(c1)CC(C(C)C(=O)O)S2(=O)=O. The standard InChI is InChI=1S/C12H14O4S/c1-7-3-4-10-9(5-7)6-11(17(10,15)16)8(2)12(13)14/h3-5,8,11H,6H2,1-2H3,(H,13,14). The average Bonchev–Trinajstić information content (AvgIpc) is 2.48. The van der Waals surface area contributed by atoms with Crippen LogP contribution in [0.15, 0.2) is 23.1 Å². The van der Waals surface area contributed by atoms with Gasteiger partial charge in [-0.1, -0.05) is 24.6 Å². The van der Waals surface area contributed by atoms with Crippen molar-refractivity contribution < 1.29 is 18.3 Å². The third-order valence-corrected chi connectivity index (χ3v) is 5.67. The van der Waals surface area contributed by atoms with Gasteiger partial charge >= 0.3 is 5.97 Å². The Morgan fingerprint density at radius 1 is 1.47 bits per heavy atom. The predicted molar refractivity (Wildman–Crippen MR) is 62.7 cm³/mol. The lowest BCUT2D eigenvalue weighted by atomic mass is 10.00. The highest BCUT2D eigenvalue weighted by Crippen LogP contribution is 2.35. The van der Waals surface area contributed by atoms with Gasteiger partial charge in [0.1, 0.15) is 0 Å². The van der Waals surface area contributed by atoms with E-state index in [1.165, 1.54) is 6.92 Å². The Morgan fingerprint density at radius 3 is 2.71 bits per heavy atom. The second-order valence-electron chi connectivity index (χ2n) is 4.53.